The van der Waals surface area contributed by atoms with Crippen molar-refractivity contribution in [3.8, 4) is 11.3 Å². The van der Waals surface area contributed by atoms with Crippen LogP contribution in [0, 0.1) is 11.8 Å². The molecule has 244 valence electrons. The standard InChI is InChI=1S/C34H48N4O6Si/c1-34(2,3)44-33(41)37-29(32(40)42-4)24-13-15-25(16-14-24)31(39)36-27-17-18-35-30-26(27)21-28(23-11-9-8-10-12-23)38(30)22-43-19-20-45(5,6)7/h8-12,17-18,21,24-25,29H,13-16,19-20,22H2,1-7H3,(H,37,41)(H,35,36,39). The van der Waals surface area contributed by atoms with Gasteiger partial charge in [0.15, 0.2) is 0 Å². The molecule has 2 N–H and O–H groups in total. The number of pyridine rings is 1. The molecule has 4 rings (SSSR count). The van der Waals surface area contributed by atoms with Crippen molar-refractivity contribution >= 4 is 42.8 Å². The third-order valence-electron chi connectivity index (χ3n) is 8.08. The van der Waals surface area contributed by atoms with E-state index < -0.39 is 31.8 Å². The fourth-order valence-corrected chi connectivity index (χ4v) is 6.41. The van der Waals surface area contributed by atoms with Crippen LogP contribution in [0.2, 0.25) is 25.7 Å². The maximum absolute atomic E-state index is 13.5. The molecule has 1 fully saturated rings. The molecule has 45 heavy (non-hydrogen) atoms. The smallest absolute Gasteiger partial charge is 0.408 e. The van der Waals surface area contributed by atoms with Crippen LogP contribution in [-0.2, 0) is 30.5 Å². The number of aromatic nitrogens is 2. The highest BCUT2D eigenvalue weighted by molar-refractivity contribution is 6.76. The monoisotopic (exact) mass is 636 g/mol. The fraction of sp³-hybridized carbons (Fsp3) is 0.529. The number of nitrogens with one attached hydrogen (secondary N) is 2. The molecule has 0 spiro atoms. The Morgan fingerprint density at radius 2 is 1.73 bits per heavy atom. The number of alkyl carbamates (subject to hydrolysis) is 1. The number of anilines is 1. The number of hydrogen-bond acceptors (Lipinski definition) is 7. The quantitative estimate of drug-likeness (QED) is 0.135. The summed E-state index contributed by atoms with van der Waals surface area (Å²) in [7, 11) is 0.0688. The molecule has 2 heterocycles. The van der Waals surface area contributed by atoms with Gasteiger partial charge in [0.1, 0.15) is 24.0 Å². The first-order valence-electron chi connectivity index (χ1n) is 15.8. The van der Waals surface area contributed by atoms with Gasteiger partial charge in [-0.05, 0) is 76.1 Å². The van der Waals surface area contributed by atoms with Crippen molar-refractivity contribution in [3.63, 3.8) is 0 Å². The molecule has 2 amide bonds. The minimum absolute atomic E-state index is 0.0731. The van der Waals surface area contributed by atoms with Crippen LogP contribution in [0.4, 0.5) is 10.5 Å². The first kappa shape index (κ1) is 34.2. The molecule has 1 aromatic carbocycles. The lowest BCUT2D eigenvalue weighted by Crippen LogP contribution is -2.49. The van der Waals surface area contributed by atoms with Gasteiger partial charge in [0.05, 0.1) is 18.5 Å². The van der Waals surface area contributed by atoms with E-state index in [0.29, 0.717) is 44.7 Å². The van der Waals surface area contributed by atoms with Gasteiger partial charge in [0, 0.05) is 32.2 Å². The lowest BCUT2D eigenvalue weighted by molar-refractivity contribution is -0.145. The predicted molar refractivity (Wildman–Crippen MR) is 179 cm³/mol. The van der Waals surface area contributed by atoms with Gasteiger partial charge in [0.25, 0.3) is 0 Å². The number of carbonyl (C=O) groups excluding carboxylic acids is 3. The van der Waals surface area contributed by atoms with Crippen molar-refractivity contribution in [2.75, 3.05) is 19.0 Å². The third kappa shape index (κ3) is 9.40. The highest BCUT2D eigenvalue weighted by Gasteiger charge is 2.37. The van der Waals surface area contributed by atoms with Crippen LogP contribution < -0.4 is 10.6 Å². The lowest BCUT2D eigenvalue weighted by atomic mass is 9.78. The largest absolute Gasteiger partial charge is 0.467 e. The van der Waals surface area contributed by atoms with Crippen LogP contribution in [0.3, 0.4) is 0 Å². The molecule has 0 aliphatic heterocycles. The Morgan fingerprint density at radius 3 is 2.36 bits per heavy atom. The van der Waals surface area contributed by atoms with Gasteiger partial charge in [-0.25, -0.2) is 14.6 Å². The Bertz CT molecular complexity index is 1470. The van der Waals surface area contributed by atoms with E-state index in [1.807, 2.05) is 24.3 Å². The summed E-state index contributed by atoms with van der Waals surface area (Å²) in [6.07, 6.45) is 3.38. The second-order valence-electron chi connectivity index (χ2n) is 14.0. The molecule has 1 aliphatic carbocycles. The number of esters is 1. The van der Waals surface area contributed by atoms with Crippen LogP contribution in [0.25, 0.3) is 22.3 Å². The number of benzene rings is 1. The summed E-state index contributed by atoms with van der Waals surface area (Å²) in [5.41, 5.74) is 2.77. The fourth-order valence-electron chi connectivity index (χ4n) is 5.65. The van der Waals surface area contributed by atoms with Gasteiger partial charge < -0.3 is 29.4 Å². The molecular formula is C34H48N4O6Si. The first-order chi connectivity index (χ1) is 21.3. The normalized spacial score (nSPS) is 17.8. The Kier molecular flexibility index (Phi) is 11.1. The Labute approximate surface area is 267 Å². The van der Waals surface area contributed by atoms with Crippen molar-refractivity contribution in [2.45, 2.75) is 90.5 Å². The van der Waals surface area contributed by atoms with Crippen LogP contribution in [-0.4, -0.2) is 61.0 Å². The molecule has 2 aromatic heterocycles. The molecular weight excluding hydrogens is 588 g/mol. The molecule has 1 saturated carbocycles. The maximum atomic E-state index is 13.5. The topological polar surface area (TPSA) is 121 Å². The third-order valence-corrected chi connectivity index (χ3v) is 9.79. The molecule has 0 bridgehead atoms. The number of methoxy groups -OCH3 is 1. The highest BCUT2D eigenvalue weighted by Crippen LogP contribution is 2.35. The number of rotatable bonds is 11. The summed E-state index contributed by atoms with van der Waals surface area (Å²) >= 11 is 0. The summed E-state index contributed by atoms with van der Waals surface area (Å²) < 4.78 is 18.6. The average Bonchev–Trinajstić information content (AvgIpc) is 3.36. The predicted octanol–water partition coefficient (Wildman–Crippen LogP) is 6.83. The van der Waals surface area contributed by atoms with Gasteiger partial charge in [-0.3, -0.25) is 4.79 Å². The average molecular weight is 637 g/mol. The van der Waals surface area contributed by atoms with Crippen molar-refractivity contribution < 1.29 is 28.6 Å². The summed E-state index contributed by atoms with van der Waals surface area (Å²) in [4.78, 5) is 43.2. The van der Waals surface area contributed by atoms with Gasteiger partial charge >= 0.3 is 12.1 Å². The van der Waals surface area contributed by atoms with E-state index in [-0.39, 0.29) is 17.7 Å². The molecule has 3 aromatic rings. The van der Waals surface area contributed by atoms with Gasteiger partial charge in [-0.2, -0.15) is 0 Å². The summed E-state index contributed by atoms with van der Waals surface area (Å²) in [6, 6.07) is 14.2. The van der Waals surface area contributed by atoms with Crippen LogP contribution in [0.15, 0.2) is 48.7 Å². The second kappa shape index (κ2) is 14.6. The summed E-state index contributed by atoms with van der Waals surface area (Å²) in [5.74, 6) is -0.984. The maximum Gasteiger partial charge on any atom is 0.408 e. The summed E-state index contributed by atoms with van der Waals surface area (Å²) in [6.45, 7) is 13.3. The zero-order chi connectivity index (χ0) is 32.8. The Balaban J connectivity index is 1.47. The van der Waals surface area contributed by atoms with E-state index >= 15 is 0 Å². The number of carbonyl (C=O) groups is 3. The van der Waals surface area contributed by atoms with Crippen molar-refractivity contribution in [3.05, 3.63) is 48.7 Å². The number of hydrogen-bond donors (Lipinski definition) is 2. The molecule has 0 saturated heterocycles. The molecule has 0 radical (unpaired) electrons. The zero-order valence-electron chi connectivity index (χ0n) is 27.6. The summed E-state index contributed by atoms with van der Waals surface area (Å²) in [5, 5.41) is 6.70. The minimum Gasteiger partial charge on any atom is -0.467 e. The minimum atomic E-state index is -1.23. The number of fused-ring (bicyclic) bond motifs is 1. The SMILES string of the molecule is COC(=O)C(NC(=O)OC(C)(C)C)C1CCC(C(=O)Nc2ccnc3c2cc(-c2ccccc2)n3COCC[Si](C)(C)C)CC1. The first-order valence-corrected chi connectivity index (χ1v) is 19.5. The van der Waals surface area contributed by atoms with Crippen LogP contribution in [0.1, 0.15) is 46.5 Å². The van der Waals surface area contributed by atoms with E-state index in [1.54, 1.807) is 27.0 Å². The molecule has 11 heteroatoms. The molecule has 10 nitrogen and oxygen atoms in total. The zero-order valence-corrected chi connectivity index (χ0v) is 28.6. The van der Waals surface area contributed by atoms with E-state index in [4.69, 9.17) is 14.2 Å². The van der Waals surface area contributed by atoms with Crippen molar-refractivity contribution in [1.82, 2.24) is 14.9 Å². The molecule has 1 unspecified atom stereocenters. The molecule has 1 aliphatic rings. The lowest BCUT2D eigenvalue weighted by Gasteiger charge is -2.32. The van der Waals surface area contributed by atoms with Gasteiger partial charge in [-0.1, -0.05) is 50.0 Å². The van der Waals surface area contributed by atoms with E-state index in [9.17, 15) is 14.4 Å². The van der Waals surface area contributed by atoms with Gasteiger partial charge in [-0.15, -0.1) is 0 Å². The van der Waals surface area contributed by atoms with Gasteiger partial charge in [0.2, 0.25) is 5.91 Å². The number of ether oxygens (including phenoxy) is 3. The van der Waals surface area contributed by atoms with E-state index in [0.717, 1.165) is 28.3 Å². The van der Waals surface area contributed by atoms with Crippen molar-refractivity contribution in [1.29, 1.82) is 0 Å². The Hall–Kier alpha value is -3.70. The van der Waals surface area contributed by atoms with Crippen LogP contribution in [0.5, 0.6) is 0 Å². The number of nitrogens with zero attached hydrogens (tertiary/aromatic N) is 2. The van der Waals surface area contributed by atoms with E-state index in [2.05, 4.69) is 58.0 Å². The van der Waals surface area contributed by atoms with Crippen LogP contribution >= 0.6 is 0 Å². The van der Waals surface area contributed by atoms with E-state index in [1.165, 1.54) is 7.11 Å². The molecule has 1 atom stereocenters. The highest BCUT2D eigenvalue weighted by atomic mass is 28.3. The van der Waals surface area contributed by atoms with Crippen molar-refractivity contribution in [2.24, 2.45) is 11.8 Å². The second-order valence-corrected chi connectivity index (χ2v) is 19.6. The Morgan fingerprint density at radius 1 is 1.04 bits per heavy atom. The number of amides is 2.